The quantitative estimate of drug-likeness (QED) is 0.393. The fraction of sp³-hybridized carbons (Fsp3) is 0.154. The van der Waals surface area contributed by atoms with Crippen LogP contribution in [0.2, 0.25) is 0 Å². The Labute approximate surface area is 203 Å². The number of aromatic amines is 1. The van der Waals surface area contributed by atoms with E-state index in [1.165, 1.54) is 6.26 Å². The van der Waals surface area contributed by atoms with Crippen molar-refractivity contribution in [2.45, 2.75) is 11.4 Å². The van der Waals surface area contributed by atoms with Gasteiger partial charge in [-0.05, 0) is 42.0 Å². The van der Waals surface area contributed by atoms with E-state index in [-0.39, 0.29) is 11.7 Å². The summed E-state index contributed by atoms with van der Waals surface area (Å²) in [5.74, 6) is 1.91. The van der Waals surface area contributed by atoms with Gasteiger partial charge in [-0.25, -0.2) is 8.42 Å². The van der Waals surface area contributed by atoms with Gasteiger partial charge in [-0.3, -0.25) is 0 Å². The van der Waals surface area contributed by atoms with Crippen molar-refractivity contribution < 1.29 is 17.9 Å². The number of aromatic nitrogens is 3. The molecule has 0 saturated carbocycles. The molecular formula is C26H24N4O4S. The van der Waals surface area contributed by atoms with E-state index in [2.05, 4.69) is 32.2 Å². The fourth-order valence-electron chi connectivity index (χ4n) is 3.89. The van der Waals surface area contributed by atoms with Crippen LogP contribution in [0.15, 0.2) is 95.8 Å². The lowest BCUT2D eigenvalue weighted by Gasteiger charge is -2.26. The van der Waals surface area contributed by atoms with E-state index < -0.39 is 9.84 Å². The first-order valence-electron chi connectivity index (χ1n) is 11.0. The van der Waals surface area contributed by atoms with Crippen LogP contribution < -0.4 is 4.90 Å². The van der Waals surface area contributed by atoms with Crippen LogP contribution in [-0.4, -0.2) is 43.2 Å². The van der Waals surface area contributed by atoms with E-state index in [0.717, 1.165) is 28.1 Å². The SMILES string of the molecule is CS(=O)(=O)c1ccc(-c2nnc(-c3ccccc3N(CC3=COCO3)Cc3ccccc3)[nH]2)cc1. The first kappa shape index (κ1) is 22.7. The maximum Gasteiger partial charge on any atom is 0.229 e. The number of H-pyrrole nitrogens is 1. The second kappa shape index (κ2) is 9.63. The number of nitrogens with one attached hydrogen (secondary N) is 1. The minimum atomic E-state index is -3.27. The van der Waals surface area contributed by atoms with Crippen molar-refractivity contribution in [2.75, 3.05) is 24.5 Å². The van der Waals surface area contributed by atoms with Crippen LogP contribution in [0.1, 0.15) is 5.56 Å². The summed E-state index contributed by atoms with van der Waals surface area (Å²) in [4.78, 5) is 5.75. The Balaban J connectivity index is 1.48. The molecule has 0 fully saturated rings. The van der Waals surface area contributed by atoms with Crippen molar-refractivity contribution in [1.82, 2.24) is 15.2 Å². The second-order valence-electron chi connectivity index (χ2n) is 8.19. The van der Waals surface area contributed by atoms with Crippen LogP contribution in [0.4, 0.5) is 5.69 Å². The zero-order valence-corrected chi connectivity index (χ0v) is 19.9. The minimum absolute atomic E-state index is 0.222. The predicted molar refractivity (Wildman–Crippen MR) is 133 cm³/mol. The van der Waals surface area contributed by atoms with Crippen LogP contribution in [0.3, 0.4) is 0 Å². The molecule has 0 atom stereocenters. The van der Waals surface area contributed by atoms with Gasteiger partial charge in [0, 0.05) is 29.6 Å². The van der Waals surface area contributed by atoms with Crippen molar-refractivity contribution in [3.05, 3.63) is 96.4 Å². The van der Waals surface area contributed by atoms with Gasteiger partial charge in [0.25, 0.3) is 0 Å². The van der Waals surface area contributed by atoms with Crippen molar-refractivity contribution in [3.8, 4) is 22.8 Å². The van der Waals surface area contributed by atoms with E-state index in [9.17, 15) is 8.42 Å². The number of anilines is 1. The third-order valence-electron chi connectivity index (χ3n) is 5.63. The van der Waals surface area contributed by atoms with Crippen LogP contribution in [0.5, 0.6) is 0 Å². The van der Waals surface area contributed by atoms with E-state index in [4.69, 9.17) is 9.47 Å². The van der Waals surface area contributed by atoms with Gasteiger partial charge in [-0.1, -0.05) is 42.5 Å². The van der Waals surface area contributed by atoms with E-state index in [1.807, 2.05) is 42.5 Å². The highest BCUT2D eigenvalue weighted by molar-refractivity contribution is 7.90. The van der Waals surface area contributed by atoms with Gasteiger partial charge in [0.2, 0.25) is 6.79 Å². The molecule has 3 aromatic carbocycles. The Bertz CT molecular complexity index is 1450. The Morgan fingerprint density at radius 2 is 1.60 bits per heavy atom. The Morgan fingerprint density at radius 3 is 2.31 bits per heavy atom. The summed E-state index contributed by atoms with van der Waals surface area (Å²) in [6, 6.07) is 24.8. The van der Waals surface area contributed by atoms with Crippen LogP contribution >= 0.6 is 0 Å². The molecule has 9 heteroatoms. The van der Waals surface area contributed by atoms with Crippen molar-refractivity contribution in [3.63, 3.8) is 0 Å². The van der Waals surface area contributed by atoms with Crippen LogP contribution in [0.25, 0.3) is 22.8 Å². The van der Waals surface area contributed by atoms with Crippen LogP contribution in [-0.2, 0) is 25.9 Å². The number of para-hydroxylation sites is 1. The topological polar surface area (TPSA) is 97.4 Å². The molecule has 1 aliphatic rings. The van der Waals surface area contributed by atoms with Gasteiger partial charge in [0.1, 0.15) is 6.26 Å². The number of benzene rings is 3. The van der Waals surface area contributed by atoms with Crippen LogP contribution in [0, 0.1) is 0 Å². The van der Waals surface area contributed by atoms with E-state index in [1.54, 1.807) is 30.5 Å². The zero-order chi connectivity index (χ0) is 24.3. The minimum Gasteiger partial charge on any atom is -0.462 e. The summed E-state index contributed by atoms with van der Waals surface area (Å²) < 4.78 is 34.4. The number of sulfone groups is 1. The average Bonchev–Trinajstić information content (AvgIpc) is 3.57. The average molecular weight is 489 g/mol. The molecule has 0 aliphatic carbocycles. The smallest absolute Gasteiger partial charge is 0.229 e. The molecule has 2 heterocycles. The zero-order valence-electron chi connectivity index (χ0n) is 19.1. The fourth-order valence-corrected chi connectivity index (χ4v) is 4.53. The lowest BCUT2D eigenvalue weighted by atomic mass is 10.1. The Hall–Kier alpha value is -4.11. The highest BCUT2D eigenvalue weighted by atomic mass is 32.2. The van der Waals surface area contributed by atoms with Gasteiger partial charge in [-0.15, -0.1) is 10.2 Å². The summed E-state index contributed by atoms with van der Waals surface area (Å²) in [6.07, 6.45) is 2.83. The molecule has 4 aromatic rings. The molecule has 0 amide bonds. The highest BCUT2D eigenvalue weighted by Gasteiger charge is 2.19. The molecule has 0 radical (unpaired) electrons. The lowest BCUT2D eigenvalue weighted by Crippen LogP contribution is -2.26. The Kier molecular flexibility index (Phi) is 6.24. The standard InChI is InChI=1S/C26H24N4O4S/c1-35(31,32)22-13-11-20(12-14-22)25-27-26(29-28-25)23-9-5-6-10-24(23)30(16-21-17-33-18-34-21)15-19-7-3-2-4-8-19/h2-14,17H,15-16,18H2,1H3,(H,27,28,29). The van der Waals surface area contributed by atoms with Gasteiger partial charge in [0.05, 0.1) is 11.4 Å². The second-order valence-corrected chi connectivity index (χ2v) is 10.2. The summed E-state index contributed by atoms with van der Waals surface area (Å²) in [7, 11) is -3.27. The molecule has 0 saturated heterocycles. The molecule has 35 heavy (non-hydrogen) atoms. The molecule has 0 spiro atoms. The largest absolute Gasteiger partial charge is 0.462 e. The summed E-state index contributed by atoms with van der Waals surface area (Å²) in [6.45, 7) is 1.41. The number of ether oxygens (including phenoxy) is 2. The van der Waals surface area contributed by atoms with Gasteiger partial charge in [-0.2, -0.15) is 0 Å². The molecule has 1 aromatic heterocycles. The van der Waals surface area contributed by atoms with Gasteiger partial charge in [0.15, 0.2) is 27.2 Å². The first-order chi connectivity index (χ1) is 17.0. The van der Waals surface area contributed by atoms with E-state index >= 15 is 0 Å². The molecule has 1 N–H and O–H groups in total. The maximum absolute atomic E-state index is 11.8. The summed E-state index contributed by atoms with van der Waals surface area (Å²) in [5, 5.41) is 8.71. The third kappa shape index (κ3) is 5.20. The molecular weight excluding hydrogens is 464 g/mol. The molecule has 178 valence electrons. The van der Waals surface area contributed by atoms with Crippen molar-refractivity contribution in [1.29, 1.82) is 0 Å². The number of hydrogen-bond acceptors (Lipinski definition) is 7. The molecule has 0 bridgehead atoms. The predicted octanol–water partition coefficient (Wildman–Crippen LogP) is 4.39. The molecule has 8 nitrogen and oxygen atoms in total. The number of nitrogens with zero attached hydrogens (tertiary/aromatic N) is 3. The third-order valence-corrected chi connectivity index (χ3v) is 6.76. The first-order valence-corrected chi connectivity index (χ1v) is 12.9. The van der Waals surface area contributed by atoms with Gasteiger partial charge >= 0.3 is 0 Å². The molecule has 5 rings (SSSR count). The summed E-state index contributed by atoms with van der Waals surface area (Å²) >= 11 is 0. The maximum atomic E-state index is 11.8. The van der Waals surface area contributed by atoms with Crippen molar-refractivity contribution >= 4 is 15.5 Å². The monoisotopic (exact) mass is 488 g/mol. The highest BCUT2D eigenvalue weighted by Crippen LogP contribution is 2.32. The summed E-state index contributed by atoms with van der Waals surface area (Å²) in [5.41, 5.74) is 3.75. The van der Waals surface area contributed by atoms with Crippen molar-refractivity contribution in [2.24, 2.45) is 0 Å². The number of rotatable bonds is 8. The number of hydrogen-bond donors (Lipinski definition) is 1. The molecule has 1 aliphatic heterocycles. The van der Waals surface area contributed by atoms with E-state index in [0.29, 0.717) is 24.7 Å². The Morgan fingerprint density at radius 1 is 0.886 bits per heavy atom. The normalized spacial score (nSPS) is 13.1. The van der Waals surface area contributed by atoms with Gasteiger partial charge < -0.3 is 19.4 Å². The molecule has 0 unspecified atom stereocenters. The lowest BCUT2D eigenvalue weighted by molar-refractivity contribution is 0.0797.